The first-order chi connectivity index (χ1) is 11.0. The molecule has 1 aliphatic carbocycles. The van der Waals surface area contributed by atoms with Crippen molar-refractivity contribution in [2.45, 2.75) is 45.1 Å². The summed E-state index contributed by atoms with van der Waals surface area (Å²) in [6.45, 7) is 3.26. The van der Waals surface area contributed by atoms with E-state index in [1.807, 2.05) is 11.8 Å². The first-order valence-corrected chi connectivity index (χ1v) is 10.1. The molecule has 3 rings (SSSR count). The van der Waals surface area contributed by atoms with E-state index in [-0.39, 0.29) is 11.7 Å². The first-order valence-electron chi connectivity index (χ1n) is 8.44. The second-order valence-electron chi connectivity index (χ2n) is 6.32. The maximum absolute atomic E-state index is 12.7. The first kappa shape index (κ1) is 16.3. The van der Waals surface area contributed by atoms with E-state index >= 15 is 0 Å². The SMILES string of the molecule is CCN(C(=O)c1ccc(N2CCCS2(=O)=O)cc1)C1CCCC1. The molecule has 0 spiro atoms. The fraction of sp³-hybridized carbons (Fsp3) is 0.588. The van der Waals surface area contributed by atoms with E-state index in [0.29, 0.717) is 36.8 Å². The molecule has 1 aliphatic heterocycles. The van der Waals surface area contributed by atoms with Crippen LogP contribution in [-0.2, 0) is 10.0 Å². The Morgan fingerprint density at radius 2 is 1.83 bits per heavy atom. The summed E-state index contributed by atoms with van der Waals surface area (Å²) in [7, 11) is -3.17. The monoisotopic (exact) mass is 336 g/mol. The van der Waals surface area contributed by atoms with Gasteiger partial charge < -0.3 is 4.90 Å². The molecule has 5 nitrogen and oxygen atoms in total. The lowest BCUT2D eigenvalue weighted by Crippen LogP contribution is -2.38. The minimum Gasteiger partial charge on any atom is -0.336 e. The Labute approximate surface area is 138 Å². The van der Waals surface area contributed by atoms with Crippen LogP contribution in [0.3, 0.4) is 0 Å². The second kappa shape index (κ2) is 6.51. The van der Waals surface area contributed by atoms with Crippen LogP contribution in [0.15, 0.2) is 24.3 Å². The Hall–Kier alpha value is -1.56. The maximum Gasteiger partial charge on any atom is 0.254 e. The maximum atomic E-state index is 12.7. The summed E-state index contributed by atoms with van der Waals surface area (Å²) < 4.78 is 25.4. The molecule has 23 heavy (non-hydrogen) atoms. The lowest BCUT2D eigenvalue weighted by molar-refractivity contribution is 0.0693. The molecule has 0 atom stereocenters. The molecule has 0 radical (unpaired) electrons. The highest BCUT2D eigenvalue weighted by Crippen LogP contribution is 2.27. The molecular weight excluding hydrogens is 312 g/mol. The zero-order valence-electron chi connectivity index (χ0n) is 13.6. The van der Waals surface area contributed by atoms with Crippen LogP contribution in [0.4, 0.5) is 5.69 Å². The number of carbonyl (C=O) groups is 1. The molecule has 1 aromatic carbocycles. The van der Waals surface area contributed by atoms with E-state index in [2.05, 4.69) is 0 Å². The third kappa shape index (κ3) is 3.22. The predicted molar refractivity (Wildman–Crippen MR) is 91.2 cm³/mol. The largest absolute Gasteiger partial charge is 0.336 e. The molecule has 1 aromatic rings. The van der Waals surface area contributed by atoms with Crippen LogP contribution in [0.2, 0.25) is 0 Å². The normalized spacial score (nSPS) is 20.8. The minimum absolute atomic E-state index is 0.0511. The number of benzene rings is 1. The van der Waals surface area contributed by atoms with Gasteiger partial charge in [0.2, 0.25) is 10.0 Å². The van der Waals surface area contributed by atoms with E-state index in [4.69, 9.17) is 0 Å². The highest BCUT2D eigenvalue weighted by molar-refractivity contribution is 7.93. The highest BCUT2D eigenvalue weighted by Gasteiger charge is 2.29. The molecule has 0 bridgehead atoms. The number of amides is 1. The molecule has 2 fully saturated rings. The Balaban J connectivity index is 1.77. The Morgan fingerprint density at radius 3 is 2.35 bits per heavy atom. The summed E-state index contributed by atoms with van der Waals surface area (Å²) >= 11 is 0. The summed E-state index contributed by atoms with van der Waals surface area (Å²) in [4.78, 5) is 14.7. The van der Waals surface area contributed by atoms with Gasteiger partial charge in [-0.05, 0) is 50.5 Å². The number of anilines is 1. The number of nitrogens with zero attached hydrogens (tertiary/aromatic N) is 2. The fourth-order valence-corrected chi connectivity index (χ4v) is 5.21. The van der Waals surface area contributed by atoms with E-state index in [1.54, 1.807) is 24.3 Å². The van der Waals surface area contributed by atoms with E-state index in [1.165, 1.54) is 17.1 Å². The van der Waals surface area contributed by atoms with Crippen LogP contribution in [-0.4, -0.2) is 44.1 Å². The standard InChI is InChI=1S/C17H24N2O3S/c1-2-18(15-6-3-4-7-15)17(20)14-8-10-16(11-9-14)19-12-5-13-23(19,21)22/h8-11,15H,2-7,12-13H2,1H3. The molecule has 2 aliphatic rings. The molecule has 0 aromatic heterocycles. The Bertz CT molecular complexity index is 664. The number of hydrogen-bond donors (Lipinski definition) is 0. The summed E-state index contributed by atoms with van der Waals surface area (Å²) in [5.74, 6) is 0.258. The van der Waals surface area contributed by atoms with Crippen LogP contribution >= 0.6 is 0 Å². The van der Waals surface area contributed by atoms with Crippen LogP contribution in [0.25, 0.3) is 0 Å². The fourth-order valence-electron chi connectivity index (χ4n) is 3.65. The molecule has 1 amide bonds. The smallest absolute Gasteiger partial charge is 0.254 e. The summed E-state index contributed by atoms with van der Waals surface area (Å²) in [6.07, 6.45) is 5.22. The van der Waals surface area contributed by atoms with Crippen molar-refractivity contribution in [3.8, 4) is 0 Å². The van der Waals surface area contributed by atoms with Gasteiger partial charge in [0.1, 0.15) is 0 Å². The topological polar surface area (TPSA) is 57.7 Å². The van der Waals surface area contributed by atoms with Crippen molar-refractivity contribution in [1.29, 1.82) is 0 Å². The quantitative estimate of drug-likeness (QED) is 0.849. The molecule has 0 unspecified atom stereocenters. The van der Waals surface area contributed by atoms with Crippen molar-refractivity contribution in [3.63, 3.8) is 0 Å². The van der Waals surface area contributed by atoms with Gasteiger partial charge in [0.25, 0.3) is 5.91 Å². The third-order valence-electron chi connectivity index (χ3n) is 4.87. The van der Waals surface area contributed by atoms with Crippen molar-refractivity contribution in [1.82, 2.24) is 4.90 Å². The number of sulfonamides is 1. The second-order valence-corrected chi connectivity index (χ2v) is 8.33. The lowest BCUT2D eigenvalue weighted by Gasteiger charge is -2.28. The predicted octanol–water partition coefficient (Wildman–Crippen LogP) is 2.63. The molecular formula is C17H24N2O3S. The van der Waals surface area contributed by atoms with Gasteiger partial charge in [-0.25, -0.2) is 8.42 Å². The van der Waals surface area contributed by atoms with Gasteiger partial charge in [0.05, 0.1) is 11.4 Å². The van der Waals surface area contributed by atoms with Crippen LogP contribution in [0.1, 0.15) is 49.4 Å². The zero-order valence-corrected chi connectivity index (χ0v) is 14.4. The van der Waals surface area contributed by atoms with Crippen molar-refractivity contribution < 1.29 is 13.2 Å². The van der Waals surface area contributed by atoms with Gasteiger partial charge >= 0.3 is 0 Å². The summed E-state index contributed by atoms with van der Waals surface area (Å²) in [5, 5.41) is 0. The van der Waals surface area contributed by atoms with Gasteiger partial charge in [-0.1, -0.05) is 12.8 Å². The van der Waals surface area contributed by atoms with Crippen molar-refractivity contribution in [2.75, 3.05) is 23.1 Å². The number of rotatable bonds is 4. The van der Waals surface area contributed by atoms with Gasteiger partial charge in [-0.15, -0.1) is 0 Å². The third-order valence-corrected chi connectivity index (χ3v) is 6.74. The van der Waals surface area contributed by atoms with Crippen LogP contribution in [0.5, 0.6) is 0 Å². The van der Waals surface area contributed by atoms with E-state index in [9.17, 15) is 13.2 Å². The van der Waals surface area contributed by atoms with Gasteiger partial charge in [-0.3, -0.25) is 9.10 Å². The Kier molecular flexibility index (Phi) is 4.62. The van der Waals surface area contributed by atoms with Crippen molar-refractivity contribution in [2.24, 2.45) is 0 Å². The molecule has 1 saturated carbocycles. The summed E-state index contributed by atoms with van der Waals surface area (Å²) in [6, 6.07) is 7.36. The Morgan fingerprint density at radius 1 is 1.17 bits per heavy atom. The van der Waals surface area contributed by atoms with E-state index in [0.717, 1.165) is 12.8 Å². The van der Waals surface area contributed by atoms with Crippen LogP contribution < -0.4 is 4.31 Å². The molecule has 0 N–H and O–H groups in total. The molecule has 126 valence electrons. The molecule has 1 heterocycles. The van der Waals surface area contributed by atoms with Crippen molar-refractivity contribution in [3.05, 3.63) is 29.8 Å². The number of hydrogen-bond acceptors (Lipinski definition) is 3. The lowest BCUT2D eigenvalue weighted by atomic mass is 10.1. The van der Waals surface area contributed by atoms with Gasteiger partial charge in [0, 0.05) is 24.7 Å². The summed E-state index contributed by atoms with van der Waals surface area (Å²) in [5.41, 5.74) is 1.29. The number of carbonyl (C=O) groups excluding carboxylic acids is 1. The molecule has 1 saturated heterocycles. The van der Waals surface area contributed by atoms with E-state index < -0.39 is 10.0 Å². The van der Waals surface area contributed by atoms with Gasteiger partial charge in [-0.2, -0.15) is 0 Å². The minimum atomic E-state index is -3.17. The highest BCUT2D eigenvalue weighted by atomic mass is 32.2. The van der Waals surface area contributed by atoms with Crippen molar-refractivity contribution >= 4 is 21.6 Å². The average molecular weight is 336 g/mol. The zero-order chi connectivity index (χ0) is 16.4. The average Bonchev–Trinajstić information content (AvgIpc) is 3.17. The van der Waals surface area contributed by atoms with Gasteiger partial charge in [0.15, 0.2) is 0 Å². The van der Waals surface area contributed by atoms with Crippen LogP contribution in [0, 0.1) is 0 Å². The molecule has 6 heteroatoms.